The van der Waals surface area contributed by atoms with Gasteiger partial charge in [-0.1, -0.05) is 35.9 Å². The molecule has 0 bridgehead atoms. The summed E-state index contributed by atoms with van der Waals surface area (Å²) in [5.41, 5.74) is 1.80. The summed E-state index contributed by atoms with van der Waals surface area (Å²) in [6, 6.07) is 14.0. The van der Waals surface area contributed by atoms with Crippen LogP contribution in [0.4, 0.5) is 5.69 Å². The lowest BCUT2D eigenvalue weighted by molar-refractivity contribution is -0.115. The van der Waals surface area contributed by atoms with Crippen LogP contribution >= 0.6 is 23.8 Å². The molecule has 27 heavy (non-hydrogen) atoms. The van der Waals surface area contributed by atoms with E-state index in [1.165, 1.54) is 6.08 Å². The minimum atomic E-state index is -0.383. The smallest absolute Gasteiger partial charge is 0.253 e. The third-order valence-electron chi connectivity index (χ3n) is 3.37. The summed E-state index contributed by atoms with van der Waals surface area (Å²) >= 11 is 11.0. The maximum atomic E-state index is 12.3. The van der Waals surface area contributed by atoms with Crippen molar-refractivity contribution in [2.45, 2.75) is 19.9 Å². The predicted octanol–water partition coefficient (Wildman–Crippen LogP) is 4.00. The second kappa shape index (κ2) is 9.85. The Labute approximate surface area is 168 Å². The minimum absolute atomic E-state index is 0.00946. The number of hydrogen-bond acceptors (Lipinski definition) is 3. The van der Waals surface area contributed by atoms with Crippen LogP contribution in [0.1, 0.15) is 29.8 Å². The first kappa shape index (κ1) is 20.6. The number of thiocarbonyl (C=S) groups is 1. The molecule has 0 saturated heterocycles. The van der Waals surface area contributed by atoms with Gasteiger partial charge in [0.15, 0.2) is 5.11 Å². The van der Waals surface area contributed by atoms with Crippen molar-refractivity contribution < 1.29 is 9.59 Å². The van der Waals surface area contributed by atoms with Crippen molar-refractivity contribution >= 4 is 52.5 Å². The van der Waals surface area contributed by atoms with Gasteiger partial charge in [-0.15, -0.1) is 0 Å². The summed E-state index contributed by atoms with van der Waals surface area (Å²) in [6.07, 6.45) is 3.02. The second-order valence-corrected chi connectivity index (χ2v) is 6.85. The van der Waals surface area contributed by atoms with Crippen LogP contribution in [0.3, 0.4) is 0 Å². The molecule has 0 heterocycles. The van der Waals surface area contributed by atoms with E-state index in [9.17, 15) is 9.59 Å². The predicted molar refractivity (Wildman–Crippen MR) is 114 cm³/mol. The van der Waals surface area contributed by atoms with E-state index in [4.69, 9.17) is 23.8 Å². The molecule has 0 spiro atoms. The highest BCUT2D eigenvalue weighted by molar-refractivity contribution is 7.80. The summed E-state index contributed by atoms with van der Waals surface area (Å²) in [6.45, 7) is 3.76. The zero-order valence-electron chi connectivity index (χ0n) is 15.0. The van der Waals surface area contributed by atoms with Crippen LogP contribution in [0.5, 0.6) is 0 Å². The molecule has 2 rings (SSSR count). The Kier molecular flexibility index (Phi) is 7.52. The normalized spacial score (nSPS) is 10.7. The highest BCUT2D eigenvalue weighted by Gasteiger charge is 2.13. The van der Waals surface area contributed by atoms with E-state index in [1.807, 2.05) is 13.8 Å². The van der Waals surface area contributed by atoms with Crippen molar-refractivity contribution in [3.63, 3.8) is 0 Å². The molecule has 7 heteroatoms. The zero-order chi connectivity index (χ0) is 19.8. The molecule has 0 aliphatic heterocycles. The molecule has 0 aliphatic carbocycles. The van der Waals surface area contributed by atoms with Crippen LogP contribution in [0.2, 0.25) is 5.02 Å². The minimum Gasteiger partial charge on any atom is -0.350 e. The summed E-state index contributed by atoms with van der Waals surface area (Å²) in [5, 5.41) is 9.00. The highest BCUT2D eigenvalue weighted by Crippen LogP contribution is 2.15. The topological polar surface area (TPSA) is 70.2 Å². The van der Waals surface area contributed by atoms with Crippen molar-refractivity contribution in [1.82, 2.24) is 10.6 Å². The van der Waals surface area contributed by atoms with Crippen molar-refractivity contribution in [3.8, 4) is 0 Å². The molecule has 140 valence electrons. The molecule has 0 aliphatic rings. The van der Waals surface area contributed by atoms with Gasteiger partial charge in [0.2, 0.25) is 5.91 Å². The molecular formula is C20H20ClN3O2S. The van der Waals surface area contributed by atoms with Crippen LogP contribution in [0, 0.1) is 0 Å². The van der Waals surface area contributed by atoms with Crippen LogP contribution < -0.4 is 16.0 Å². The molecule has 2 aromatic carbocycles. The summed E-state index contributed by atoms with van der Waals surface area (Å²) in [7, 11) is 0. The largest absolute Gasteiger partial charge is 0.350 e. The van der Waals surface area contributed by atoms with Gasteiger partial charge in [0.25, 0.3) is 5.91 Å². The Morgan fingerprint density at radius 3 is 2.41 bits per heavy atom. The Morgan fingerprint density at radius 2 is 1.74 bits per heavy atom. The average molecular weight is 402 g/mol. The molecule has 0 atom stereocenters. The third-order valence-corrected chi connectivity index (χ3v) is 3.83. The Hall–Kier alpha value is -2.70. The van der Waals surface area contributed by atoms with Crippen LogP contribution in [-0.2, 0) is 4.79 Å². The quantitative estimate of drug-likeness (QED) is 0.523. The molecule has 0 unspecified atom stereocenters. The van der Waals surface area contributed by atoms with Crippen LogP contribution in [-0.4, -0.2) is 23.0 Å². The lowest BCUT2D eigenvalue weighted by atomic mass is 10.1. The average Bonchev–Trinajstić information content (AvgIpc) is 2.61. The first-order chi connectivity index (χ1) is 12.8. The summed E-state index contributed by atoms with van der Waals surface area (Å²) in [4.78, 5) is 24.3. The van der Waals surface area contributed by atoms with E-state index in [2.05, 4.69) is 16.0 Å². The molecule has 5 nitrogen and oxygen atoms in total. The molecule has 2 amide bonds. The molecule has 3 N–H and O–H groups in total. The Morgan fingerprint density at radius 1 is 1.07 bits per heavy atom. The van der Waals surface area contributed by atoms with Gasteiger partial charge < -0.3 is 10.6 Å². The van der Waals surface area contributed by atoms with Gasteiger partial charge in [-0.25, -0.2) is 0 Å². The fourth-order valence-corrected chi connectivity index (χ4v) is 2.52. The van der Waals surface area contributed by atoms with Crippen molar-refractivity contribution in [1.29, 1.82) is 0 Å². The first-order valence-corrected chi connectivity index (χ1v) is 9.09. The number of hydrogen-bond donors (Lipinski definition) is 3. The number of carbonyl (C=O) groups excluding carboxylic acids is 2. The number of anilines is 1. The lowest BCUT2D eigenvalue weighted by Gasteiger charge is -2.14. The first-order valence-electron chi connectivity index (χ1n) is 8.30. The van der Waals surface area contributed by atoms with E-state index in [1.54, 1.807) is 54.6 Å². The molecular weight excluding hydrogens is 382 g/mol. The molecule has 0 aromatic heterocycles. The van der Waals surface area contributed by atoms with Gasteiger partial charge in [0.1, 0.15) is 0 Å². The SMILES string of the molecule is CC(C)NC(=O)c1ccccc1NC(=S)NC(=O)/C=C/c1ccc(Cl)cc1. The molecule has 0 saturated carbocycles. The van der Waals surface area contributed by atoms with E-state index in [0.29, 0.717) is 16.3 Å². The molecule has 0 radical (unpaired) electrons. The van der Waals surface area contributed by atoms with Gasteiger partial charge in [0.05, 0.1) is 11.3 Å². The van der Waals surface area contributed by atoms with Gasteiger partial charge in [0, 0.05) is 17.1 Å². The van der Waals surface area contributed by atoms with Crippen molar-refractivity contribution in [3.05, 3.63) is 70.8 Å². The standard InChI is InChI=1S/C20H20ClN3O2S/c1-13(2)22-19(26)16-5-3-4-6-17(16)23-20(27)24-18(25)12-9-14-7-10-15(21)11-8-14/h3-13H,1-2H3,(H,22,26)(H2,23,24,25,27)/b12-9+. The fourth-order valence-electron chi connectivity index (χ4n) is 2.18. The monoisotopic (exact) mass is 401 g/mol. The fraction of sp³-hybridized carbons (Fsp3) is 0.150. The number of carbonyl (C=O) groups is 2. The van der Waals surface area contributed by atoms with Crippen LogP contribution in [0.25, 0.3) is 6.08 Å². The molecule has 2 aromatic rings. The van der Waals surface area contributed by atoms with E-state index in [-0.39, 0.29) is 23.0 Å². The van der Waals surface area contributed by atoms with Gasteiger partial charge in [-0.2, -0.15) is 0 Å². The van der Waals surface area contributed by atoms with E-state index < -0.39 is 0 Å². The van der Waals surface area contributed by atoms with E-state index >= 15 is 0 Å². The Bertz CT molecular complexity index is 864. The zero-order valence-corrected chi connectivity index (χ0v) is 16.5. The number of benzene rings is 2. The number of amides is 2. The van der Waals surface area contributed by atoms with E-state index in [0.717, 1.165) is 5.56 Å². The third kappa shape index (κ3) is 6.84. The number of rotatable bonds is 5. The molecule has 0 fully saturated rings. The van der Waals surface area contributed by atoms with Gasteiger partial charge in [-0.3, -0.25) is 14.9 Å². The number of nitrogens with one attached hydrogen (secondary N) is 3. The number of para-hydroxylation sites is 1. The van der Waals surface area contributed by atoms with Gasteiger partial charge >= 0.3 is 0 Å². The highest BCUT2D eigenvalue weighted by atomic mass is 35.5. The van der Waals surface area contributed by atoms with Crippen molar-refractivity contribution in [2.24, 2.45) is 0 Å². The summed E-state index contributed by atoms with van der Waals surface area (Å²) < 4.78 is 0. The summed E-state index contributed by atoms with van der Waals surface area (Å²) in [5.74, 6) is -0.601. The number of halogens is 1. The lowest BCUT2D eigenvalue weighted by Crippen LogP contribution is -2.34. The Balaban J connectivity index is 1.98. The van der Waals surface area contributed by atoms with Crippen LogP contribution in [0.15, 0.2) is 54.6 Å². The maximum Gasteiger partial charge on any atom is 0.253 e. The maximum absolute atomic E-state index is 12.3. The van der Waals surface area contributed by atoms with Gasteiger partial charge in [-0.05, 0) is 62.0 Å². The van der Waals surface area contributed by atoms with Crippen molar-refractivity contribution in [2.75, 3.05) is 5.32 Å². The second-order valence-electron chi connectivity index (χ2n) is 6.00.